The number of fused-ring (bicyclic) bond motifs is 1. The second-order valence-corrected chi connectivity index (χ2v) is 6.58. The molecule has 2 aromatic heterocycles. The summed E-state index contributed by atoms with van der Waals surface area (Å²) in [5.74, 6) is 0. The summed E-state index contributed by atoms with van der Waals surface area (Å²) < 4.78 is 14.3. The molecule has 0 unspecified atom stereocenters. The Labute approximate surface area is 121 Å². The molecule has 0 N–H and O–H groups in total. The lowest BCUT2D eigenvalue weighted by Crippen LogP contribution is -2.41. The first-order valence-electron chi connectivity index (χ1n) is 7.28. The van der Waals surface area contributed by atoms with Crippen LogP contribution in [0.25, 0.3) is 5.52 Å². The number of nitrogens with zero attached hydrogens (tertiary/aromatic N) is 1. The quantitative estimate of drug-likeness (QED) is 0.784. The van der Waals surface area contributed by atoms with Crippen molar-refractivity contribution in [3.8, 4) is 0 Å². The van der Waals surface area contributed by atoms with Gasteiger partial charge < -0.3 is 13.7 Å². The number of hydrogen-bond donors (Lipinski definition) is 0. The third-order valence-electron chi connectivity index (χ3n) is 4.60. The van der Waals surface area contributed by atoms with Crippen LogP contribution in [-0.2, 0) is 15.7 Å². The Hall–Kier alpha value is -1.26. The fourth-order valence-electron chi connectivity index (χ4n) is 2.50. The lowest BCUT2D eigenvalue weighted by molar-refractivity contribution is 0.00578. The Morgan fingerprint density at radius 1 is 1.05 bits per heavy atom. The molecule has 0 amide bonds. The van der Waals surface area contributed by atoms with Gasteiger partial charge in [0.1, 0.15) is 0 Å². The molecule has 3 rings (SSSR count). The molecule has 20 heavy (non-hydrogen) atoms. The van der Waals surface area contributed by atoms with Crippen molar-refractivity contribution in [3.63, 3.8) is 0 Å². The van der Waals surface area contributed by atoms with Gasteiger partial charge in [0.2, 0.25) is 0 Å². The summed E-state index contributed by atoms with van der Waals surface area (Å²) in [7, 11) is -0.295. The molecule has 0 bridgehead atoms. The van der Waals surface area contributed by atoms with Crippen molar-refractivity contribution in [1.29, 1.82) is 0 Å². The van der Waals surface area contributed by atoms with Gasteiger partial charge in [-0.2, -0.15) is 0 Å². The smallest absolute Gasteiger partial charge is 0.399 e. The first-order valence-corrected chi connectivity index (χ1v) is 7.28. The molecule has 0 spiro atoms. The second kappa shape index (κ2) is 4.37. The minimum atomic E-state index is -0.295. The van der Waals surface area contributed by atoms with Crippen LogP contribution in [0.4, 0.5) is 0 Å². The summed E-state index contributed by atoms with van der Waals surface area (Å²) in [6.45, 7) is 10.5. The molecular weight excluding hydrogens is 249 g/mol. The molecule has 1 aliphatic heterocycles. The Kier molecular flexibility index (Phi) is 3.00. The van der Waals surface area contributed by atoms with Gasteiger partial charge in [-0.05, 0) is 57.3 Å². The van der Waals surface area contributed by atoms with E-state index in [1.54, 1.807) is 0 Å². The van der Waals surface area contributed by atoms with E-state index in [1.165, 1.54) is 11.1 Å². The van der Waals surface area contributed by atoms with Crippen molar-refractivity contribution in [2.45, 2.75) is 52.2 Å². The van der Waals surface area contributed by atoms with Crippen LogP contribution in [0.1, 0.15) is 40.2 Å². The second-order valence-electron chi connectivity index (χ2n) is 6.58. The highest BCUT2D eigenvalue weighted by molar-refractivity contribution is 6.62. The van der Waals surface area contributed by atoms with E-state index < -0.39 is 0 Å². The summed E-state index contributed by atoms with van der Waals surface area (Å²) in [5, 5.41) is 0. The van der Waals surface area contributed by atoms with Crippen LogP contribution in [-0.4, -0.2) is 22.7 Å². The van der Waals surface area contributed by atoms with Crippen molar-refractivity contribution in [2.24, 2.45) is 0 Å². The van der Waals surface area contributed by atoms with E-state index in [1.807, 2.05) is 0 Å². The Bertz CT molecular complexity index is 629. The molecule has 2 aromatic rings. The van der Waals surface area contributed by atoms with E-state index in [9.17, 15) is 0 Å². The molecule has 0 aliphatic carbocycles. The monoisotopic (exact) mass is 271 g/mol. The van der Waals surface area contributed by atoms with Gasteiger partial charge in [0, 0.05) is 17.9 Å². The number of aromatic nitrogens is 1. The van der Waals surface area contributed by atoms with Crippen LogP contribution >= 0.6 is 0 Å². The van der Waals surface area contributed by atoms with Crippen molar-refractivity contribution in [2.75, 3.05) is 0 Å². The van der Waals surface area contributed by atoms with Gasteiger partial charge in [0.25, 0.3) is 0 Å². The maximum Gasteiger partial charge on any atom is 0.496 e. The average Bonchev–Trinajstić information content (AvgIpc) is 2.87. The van der Waals surface area contributed by atoms with E-state index in [0.29, 0.717) is 0 Å². The summed E-state index contributed by atoms with van der Waals surface area (Å²) in [6, 6.07) is 6.43. The zero-order chi connectivity index (χ0) is 14.5. The molecule has 0 aromatic carbocycles. The van der Waals surface area contributed by atoms with Gasteiger partial charge in [-0.15, -0.1) is 0 Å². The summed E-state index contributed by atoms with van der Waals surface area (Å²) in [4.78, 5) is 0. The molecule has 4 heteroatoms. The third-order valence-corrected chi connectivity index (χ3v) is 4.60. The number of pyridine rings is 1. The zero-order valence-electron chi connectivity index (χ0n) is 12.9. The molecule has 0 radical (unpaired) electrons. The average molecular weight is 271 g/mol. The fourth-order valence-corrected chi connectivity index (χ4v) is 2.50. The Balaban J connectivity index is 1.95. The van der Waals surface area contributed by atoms with Crippen molar-refractivity contribution < 1.29 is 9.31 Å². The van der Waals surface area contributed by atoms with E-state index in [-0.39, 0.29) is 18.3 Å². The predicted molar refractivity (Wildman–Crippen MR) is 82.5 cm³/mol. The Morgan fingerprint density at radius 2 is 1.70 bits per heavy atom. The summed E-state index contributed by atoms with van der Waals surface area (Å²) in [5.41, 5.74) is 3.03. The van der Waals surface area contributed by atoms with E-state index in [0.717, 1.165) is 11.9 Å². The minimum Gasteiger partial charge on any atom is -0.399 e. The minimum absolute atomic E-state index is 0.294. The van der Waals surface area contributed by atoms with Crippen LogP contribution in [0.15, 0.2) is 30.6 Å². The lowest BCUT2D eigenvalue weighted by atomic mass is 9.80. The first-order chi connectivity index (χ1) is 9.32. The van der Waals surface area contributed by atoms with Crippen molar-refractivity contribution in [1.82, 2.24) is 4.40 Å². The fraction of sp³-hybridized carbons (Fsp3) is 0.500. The van der Waals surface area contributed by atoms with Gasteiger partial charge in [-0.25, -0.2) is 0 Å². The normalized spacial score (nSPS) is 20.8. The SMILES string of the molecule is CCc1cc2ccc(B3OC(C)(C)C(C)(C)O3)cn2c1. The standard InChI is InChI=1S/C16H22BNO2/c1-6-12-9-14-8-7-13(11-18(14)10-12)17-19-15(2,3)16(4,5)20-17/h7-11H,6H2,1-5H3. The maximum atomic E-state index is 6.10. The van der Waals surface area contributed by atoms with Gasteiger partial charge in [0.15, 0.2) is 0 Å². The Morgan fingerprint density at radius 3 is 2.30 bits per heavy atom. The number of hydrogen-bond acceptors (Lipinski definition) is 2. The molecule has 3 heterocycles. The molecule has 1 saturated heterocycles. The predicted octanol–water partition coefficient (Wildman–Crippen LogP) is 2.80. The van der Waals surface area contributed by atoms with Gasteiger partial charge in [-0.1, -0.05) is 13.0 Å². The number of rotatable bonds is 2. The largest absolute Gasteiger partial charge is 0.496 e. The van der Waals surface area contributed by atoms with E-state index in [2.05, 4.69) is 69.6 Å². The summed E-state index contributed by atoms with van der Waals surface area (Å²) in [6.07, 6.45) is 5.33. The van der Waals surface area contributed by atoms with Crippen LogP contribution in [0, 0.1) is 0 Å². The van der Waals surface area contributed by atoms with Crippen LogP contribution in [0.3, 0.4) is 0 Å². The van der Waals surface area contributed by atoms with Gasteiger partial charge >= 0.3 is 7.12 Å². The third kappa shape index (κ3) is 2.07. The van der Waals surface area contributed by atoms with Gasteiger partial charge in [-0.3, -0.25) is 0 Å². The highest BCUT2D eigenvalue weighted by Crippen LogP contribution is 2.36. The molecule has 1 aliphatic rings. The molecule has 1 fully saturated rings. The first kappa shape index (κ1) is 13.7. The van der Waals surface area contributed by atoms with E-state index in [4.69, 9.17) is 9.31 Å². The maximum absolute atomic E-state index is 6.10. The molecule has 0 saturated carbocycles. The molecule has 3 nitrogen and oxygen atoms in total. The van der Waals surface area contributed by atoms with Gasteiger partial charge in [0.05, 0.1) is 11.2 Å². The van der Waals surface area contributed by atoms with Crippen molar-refractivity contribution >= 4 is 18.1 Å². The highest BCUT2D eigenvalue weighted by Gasteiger charge is 2.51. The topological polar surface area (TPSA) is 22.9 Å². The molecule has 0 atom stereocenters. The number of aryl methyl sites for hydroxylation is 1. The zero-order valence-corrected chi connectivity index (χ0v) is 12.9. The molecule has 106 valence electrons. The van der Waals surface area contributed by atoms with Crippen LogP contribution in [0.5, 0.6) is 0 Å². The summed E-state index contributed by atoms with van der Waals surface area (Å²) >= 11 is 0. The lowest BCUT2D eigenvalue weighted by Gasteiger charge is -2.32. The van der Waals surface area contributed by atoms with Crippen molar-refractivity contribution in [3.05, 3.63) is 36.2 Å². The van der Waals surface area contributed by atoms with Crippen LogP contribution in [0.2, 0.25) is 0 Å². The molecular formula is C16H22BNO2. The van der Waals surface area contributed by atoms with Crippen LogP contribution < -0.4 is 5.46 Å². The highest BCUT2D eigenvalue weighted by atomic mass is 16.7. The van der Waals surface area contributed by atoms with E-state index >= 15 is 0 Å².